The second-order valence-corrected chi connectivity index (χ2v) is 8.18. The second-order valence-electron chi connectivity index (χ2n) is 7.15. The summed E-state index contributed by atoms with van der Waals surface area (Å²) in [6, 6.07) is 16.1. The van der Waals surface area contributed by atoms with Crippen LogP contribution in [0.3, 0.4) is 0 Å². The fourth-order valence-electron chi connectivity index (χ4n) is 3.62. The van der Waals surface area contributed by atoms with E-state index in [1.807, 2.05) is 30.3 Å². The molecule has 0 bridgehead atoms. The standard InChI is InChI=1S/C22H27N3O2S/c1-26-19-7-3-4-8-20(19)27-15-14-25-12-10-17(11-13-25)16-23-22-24-18-6-2-5-9-21(18)28-22/h2-9,17H,10-16H2,1H3,(H,23,24). The fourth-order valence-corrected chi connectivity index (χ4v) is 4.49. The number of fused-ring (bicyclic) bond motifs is 1. The van der Waals surface area contributed by atoms with Gasteiger partial charge in [-0.3, -0.25) is 4.90 Å². The van der Waals surface area contributed by atoms with E-state index in [1.54, 1.807) is 18.4 Å². The third kappa shape index (κ3) is 4.75. The summed E-state index contributed by atoms with van der Waals surface area (Å²) < 4.78 is 12.5. The van der Waals surface area contributed by atoms with Gasteiger partial charge in [0.15, 0.2) is 16.6 Å². The molecule has 2 aromatic carbocycles. The zero-order valence-corrected chi connectivity index (χ0v) is 17.1. The molecule has 0 spiro atoms. The van der Waals surface area contributed by atoms with Crippen molar-refractivity contribution in [3.8, 4) is 11.5 Å². The maximum atomic E-state index is 5.91. The molecule has 1 aliphatic heterocycles. The lowest BCUT2D eigenvalue weighted by atomic mass is 9.97. The van der Waals surface area contributed by atoms with E-state index in [2.05, 4.69) is 33.4 Å². The lowest BCUT2D eigenvalue weighted by Crippen LogP contribution is -2.38. The van der Waals surface area contributed by atoms with Crippen LogP contribution in [0.2, 0.25) is 0 Å². The Morgan fingerprint density at radius 1 is 1.07 bits per heavy atom. The van der Waals surface area contributed by atoms with E-state index in [1.165, 1.54) is 17.5 Å². The average molecular weight is 398 g/mol. The first-order valence-electron chi connectivity index (χ1n) is 9.89. The number of likely N-dealkylation sites (tertiary alicyclic amines) is 1. The average Bonchev–Trinajstić information content (AvgIpc) is 3.16. The maximum Gasteiger partial charge on any atom is 0.183 e. The molecule has 0 radical (unpaired) electrons. The van der Waals surface area contributed by atoms with Crippen LogP contribution in [0.4, 0.5) is 5.13 Å². The van der Waals surface area contributed by atoms with E-state index in [4.69, 9.17) is 9.47 Å². The van der Waals surface area contributed by atoms with Crippen molar-refractivity contribution >= 4 is 26.7 Å². The van der Waals surface area contributed by atoms with Crippen LogP contribution in [0.1, 0.15) is 12.8 Å². The van der Waals surface area contributed by atoms with Gasteiger partial charge in [0.1, 0.15) is 6.61 Å². The molecule has 5 nitrogen and oxygen atoms in total. The summed E-state index contributed by atoms with van der Waals surface area (Å²) in [4.78, 5) is 7.16. The number of nitrogens with zero attached hydrogens (tertiary/aromatic N) is 2. The highest BCUT2D eigenvalue weighted by molar-refractivity contribution is 7.22. The zero-order chi connectivity index (χ0) is 19.2. The van der Waals surface area contributed by atoms with Crippen LogP contribution in [-0.4, -0.2) is 49.8 Å². The maximum absolute atomic E-state index is 5.91. The lowest BCUT2D eigenvalue weighted by molar-refractivity contribution is 0.157. The predicted molar refractivity (Wildman–Crippen MR) is 116 cm³/mol. The van der Waals surface area contributed by atoms with Crippen LogP contribution in [0.5, 0.6) is 11.5 Å². The van der Waals surface area contributed by atoms with Gasteiger partial charge in [0.2, 0.25) is 0 Å². The van der Waals surface area contributed by atoms with Gasteiger partial charge >= 0.3 is 0 Å². The Kier molecular flexibility index (Phi) is 6.29. The molecule has 0 saturated carbocycles. The van der Waals surface area contributed by atoms with Gasteiger partial charge in [0.05, 0.1) is 17.3 Å². The largest absolute Gasteiger partial charge is 0.493 e. The molecule has 1 N–H and O–H groups in total. The number of ether oxygens (including phenoxy) is 2. The normalized spacial score (nSPS) is 15.6. The van der Waals surface area contributed by atoms with Gasteiger partial charge in [-0.25, -0.2) is 4.98 Å². The Morgan fingerprint density at radius 3 is 2.61 bits per heavy atom. The van der Waals surface area contributed by atoms with Gasteiger partial charge in [-0.2, -0.15) is 0 Å². The molecule has 28 heavy (non-hydrogen) atoms. The topological polar surface area (TPSA) is 46.6 Å². The lowest BCUT2D eigenvalue weighted by Gasteiger charge is -2.31. The molecule has 1 aromatic heterocycles. The van der Waals surface area contributed by atoms with Gasteiger partial charge in [-0.15, -0.1) is 0 Å². The summed E-state index contributed by atoms with van der Waals surface area (Å²) in [5.41, 5.74) is 1.08. The third-order valence-corrected chi connectivity index (χ3v) is 6.27. The number of para-hydroxylation sites is 3. The molecule has 148 valence electrons. The summed E-state index contributed by atoms with van der Waals surface area (Å²) in [7, 11) is 1.68. The van der Waals surface area contributed by atoms with Crippen molar-refractivity contribution < 1.29 is 9.47 Å². The minimum Gasteiger partial charge on any atom is -0.493 e. The van der Waals surface area contributed by atoms with Crippen LogP contribution in [0.15, 0.2) is 48.5 Å². The van der Waals surface area contributed by atoms with Crippen molar-refractivity contribution in [2.24, 2.45) is 5.92 Å². The molecule has 6 heteroatoms. The molecule has 2 heterocycles. The van der Waals surface area contributed by atoms with E-state index >= 15 is 0 Å². The molecule has 1 aliphatic rings. The number of nitrogens with one attached hydrogen (secondary N) is 1. The Bertz CT molecular complexity index is 857. The first-order valence-corrected chi connectivity index (χ1v) is 10.7. The van der Waals surface area contributed by atoms with Crippen molar-refractivity contribution in [2.45, 2.75) is 12.8 Å². The summed E-state index contributed by atoms with van der Waals surface area (Å²) in [5.74, 6) is 2.32. The highest BCUT2D eigenvalue weighted by Crippen LogP contribution is 2.27. The number of hydrogen-bond acceptors (Lipinski definition) is 6. The van der Waals surface area contributed by atoms with Crippen molar-refractivity contribution in [1.29, 1.82) is 0 Å². The minimum absolute atomic E-state index is 0.689. The van der Waals surface area contributed by atoms with Crippen LogP contribution < -0.4 is 14.8 Å². The predicted octanol–water partition coefficient (Wildman–Crippen LogP) is 4.51. The Morgan fingerprint density at radius 2 is 1.82 bits per heavy atom. The van der Waals surface area contributed by atoms with E-state index in [0.717, 1.165) is 48.3 Å². The number of methoxy groups -OCH3 is 1. The minimum atomic E-state index is 0.689. The number of hydrogen-bond donors (Lipinski definition) is 1. The van der Waals surface area contributed by atoms with Crippen LogP contribution in [-0.2, 0) is 0 Å². The van der Waals surface area contributed by atoms with Gasteiger partial charge in [-0.1, -0.05) is 35.6 Å². The van der Waals surface area contributed by atoms with Crippen molar-refractivity contribution in [3.63, 3.8) is 0 Å². The molecule has 1 fully saturated rings. The summed E-state index contributed by atoms with van der Waals surface area (Å²) in [6.07, 6.45) is 2.43. The quantitative estimate of drug-likeness (QED) is 0.606. The molecular weight excluding hydrogens is 370 g/mol. The number of thiazole rings is 1. The molecule has 4 rings (SSSR count). The summed E-state index contributed by atoms with van der Waals surface area (Å²) >= 11 is 1.74. The molecule has 1 saturated heterocycles. The number of aromatic nitrogens is 1. The van der Waals surface area contributed by atoms with Crippen molar-refractivity contribution in [3.05, 3.63) is 48.5 Å². The van der Waals surface area contributed by atoms with E-state index in [-0.39, 0.29) is 0 Å². The number of anilines is 1. The fraction of sp³-hybridized carbons (Fsp3) is 0.409. The zero-order valence-electron chi connectivity index (χ0n) is 16.3. The highest BCUT2D eigenvalue weighted by atomic mass is 32.1. The Labute approximate surface area is 170 Å². The molecule has 3 aromatic rings. The molecule has 0 unspecified atom stereocenters. The van der Waals surface area contributed by atoms with E-state index in [0.29, 0.717) is 12.5 Å². The monoisotopic (exact) mass is 397 g/mol. The second kappa shape index (κ2) is 9.26. The third-order valence-electron chi connectivity index (χ3n) is 5.28. The van der Waals surface area contributed by atoms with Crippen LogP contribution in [0.25, 0.3) is 10.2 Å². The Hall–Kier alpha value is -2.31. The SMILES string of the molecule is COc1ccccc1OCCN1CCC(CNc2nc3ccccc3s2)CC1. The first-order chi connectivity index (χ1) is 13.8. The Balaban J connectivity index is 1.17. The van der Waals surface area contributed by atoms with Gasteiger partial charge < -0.3 is 14.8 Å². The number of piperidine rings is 1. The highest BCUT2D eigenvalue weighted by Gasteiger charge is 2.19. The van der Waals surface area contributed by atoms with Gasteiger partial charge in [0.25, 0.3) is 0 Å². The van der Waals surface area contributed by atoms with Crippen LogP contribution in [0, 0.1) is 5.92 Å². The molecule has 0 aliphatic carbocycles. The van der Waals surface area contributed by atoms with Crippen molar-refractivity contribution in [1.82, 2.24) is 9.88 Å². The smallest absolute Gasteiger partial charge is 0.183 e. The first kappa shape index (κ1) is 19.0. The molecular formula is C22H27N3O2S. The summed E-state index contributed by atoms with van der Waals surface area (Å²) in [6.45, 7) is 4.90. The number of rotatable bonds is 8. The van der Waals surface area contributed by atoms with E-state index < -0.39 is 0 Å². The van der Waals surface area contributed by atoms with E-state index in [9.17, 15) is 0 Å². The van der Waals surface area contributed by atoms with Crippen LogP contribution >= 0.6 is 11.3 Å². The number of benzene rings is 2. The molecule has 0 atom stereocenters. The summed E-state index contributed by atoms with van der Waals surface area (Å²) in [5, 5.41) is 4.58. The van der Waals surface area contributed by atoms with Crippen molar-refractivity contribution in [2.75, 3.05) is 45.2 Å². The van der Waals surface area contributed by atoms with Gasteiger partial charge in [-0.05, 0) is 56.1 Å². The molecule has 0 amide bonds. The van der Waals surface area contributed by atoms with Gasteiger partial charge in [0, 0.05) is 13.1 Å².